The molecule has 0 saturated carbocycles. The molecule has 1 aromatic heterocycles. The van der Waals surface area contributed by atoms with E-state index >= 15 is 0 Å². The summed E-state index contributed by atoms with van der Waals surface area (Å²) in [6, 6.07) is 8.09. The summed E-state index contributed by atoms with van der Waals surface area (Å²) in [5.41, 5.74) is 5.20. The lowest BCUT2D eigenvalue weighted by atomic mass is 9.95. The summed E-state index contributed by atoms with van der Waals surface area (Å²) in [6.45, 7) is 9.44. The molecular weight excluding hydrogens is 454 g/mol. The minimum absolute atomic E-state index is 0.0705. The molecule has 1 saturated heterocycles. The van der Waals surface area contributed by atoms with Gasteiger partial charge in [0.05, 0.1) is 27.1 Å². The van der Waals surface area contributed by atoms with Crippen molar-refractivity contribution < 1.29 is 23.4 Å². The van der Waals surface area contributed by atoms with Crippen molar-refractivity contribution in [3.8, 4) is 28.4 Å². The highest BCUT2D eigenvalue weighted by atomic mass is 16.5. The molecule has 1 fully saturated rings. The predicted octanol–water partition coefficient (Wildman–Crippen LogP) is 7.02. The molecule has 0 bridgehead atoms. The number of carbonyl (C=O) groups excluding carboxylic acids is 1. The zero-order chi connectivity index (χ0) is 25.8. The molecular formula is C30H37NO5. The van der Waals surface area contributed by atoms with Gasteiger partial charge in [-0.15, -0.1) is 0 Å². The van der Waals surface area contributed by atoms with Gasteiger partial charge < -0.3 is 23.5 Å². The van der Waals surface area contributed by atoms with Crippen molar-refractivity contribution in [2.45, 2.75) is 59.4 Å². The first-order valence-corrected chi connectivity index (χ1v) is 12.8. The summed E-state index contributed by atoms with van der Waals surface area (Å²) >= 11 is 0. The summed E-state index contributed by atoms with van der Waals surface area (Å²) in [7, 11) is 3.30. The van der Waals surface area contributed by atoms with Crippen LogP contribution in [0.2, 0.25) is 0 Å². The van der Waals surface area contributed by atoms with Gasteiger partial charge in [-0.3, -0.25) is 4.79 Å². The number of nitrogens with zero attached hydrogens (tertiary/aromatic N) is 1. The number of piperidine rings is 1. The summed E-state index contributed by atoms with van der Waals surface area (Å²) in [5.74, 6) is 2.28. The third-order valence-corrected chi connectivity index (χ3v) is 7.18. The van der Waals surface area contributed by atoms with Crippen LogP contribution in [0, 0.1) is 6.92 Å². The molecule has 0 aliphatic carbocycles. The molecule has 0 spiro atoms. The zero-order valence-corrected chi connectivity index (χ0v) is 22.3. The summed E-state index contributed by atoms with van der Waals surface area (Å²) in [6.07, 6.45) is 7.82. The van der Waals surface area contributed by atoms with Crippen LogP contribution in [0.1, 0.15) is 57.6 Å². The van der Waals surface area contributed by atoms with Crippen LogP contribution in [0.4, 0.5) is 0 Å². The largest absolute Gasteiger partial charge is 0.497 e. The number of amides is 1. The summed E-state index contributed by atoms with van der Waals surface area (Å²) in [4.78, 5) is 15.4. The molecule has 36 heavy (non-hydrogen) atoms. The van der Waals surface area contributed by atoms with E-state index in [2.05, 4.69) is 13.0 Å². The van der Waals surface area contributed by atoms with Crippen LogP contribution >= 0.6 is 0 Å². The first-order chi connectivity index (χ1) is 17.4. The topological polar surface area (TPSA) is 61.1 Å². The first-order valence-electron chi connectivity index (χ1n) is 12.8. The molecule has 1 atom stereocenters. The number of furan rings is 1. The number of hydrogen-bond acceptors (Lipinski definition) is 5. The Kier molecular flexibility index (Phi) is 7.92. The Labute approximate surface area is 213 Å². The predicted molar refractivity (Wildman–Crippen MR) is 144 cm³/mol. The van der Waals surface area contributed by atoms with E-state index in [1.807, 2.05) is 43.9 Å². The molecule has 192 valence electrons. The molecule has 1 aliphatic heterocycles. The molecule has 1 aliphatic rings. The molecule has 2 heterocycles. The highest BCUT2D eigenvalue weighted by Gasteiger charge is 2.25. The highest BCUT2D eigenvalue weighted by Crippen LogP contribution is 2.43. The lowest BCUT2D eigenvalue weighted by Gasteiger charge is -2.34. The molecule has 6 nitrogen and oxygen atoms in total. The monoisotopic (exact) mass is 491 g/mol. The van der Waals surface area contributed by atoms with Crippen molar-refractivity contribution in [1.29, 1.82) is 0 Å². The molecule has 1 amide bonds. The van der Waals surface area contributed by atoms with Crippen LogP contribution < -0.4 is 14.2 Å². The van der Waals surface area contributed by atoms with Gasteiger partial charge in [-0.1, -0.05) is 6.92 Å². The van der Waals surface area contributed by atoms with E-state index in [9.17, 15) is 4.79 Å². The van der Waals surface area contributed by atoms with Crippen LogP contribution in [0.25, 0.3) is 27.7 Å². The number of allylic oxidation sites excluding steroid dienone is 1. The van der Waals surface area contributed by atoms with Gasteiger partial charge in [-0.05, 0) is 76.3 Å². The minimum Gasteiger partial charge on any atom is -0.497 e. The van der Waals surface area contributed by atoms with Crippen molar-refractivity contribution >= 4 is 22.4 Å². The van der Waals surface area contributed by atoms with Gasteiger partial charge >= 0.3 is 0 Å². The number of likely N-dealkylation sites (tertiary alicyclic amines) is 1. The van der Waals surface area contributed by atoms with Gasteiger partial charge in [-0.2, -0.15) is 0 Å². The second-order valence-corrected chi connectivity index (χ2v) is 9.32. The van der Waals surface area contributed by atoms with E-state index in [0.717, 1.165) is 81.9 Å². The van der Waals surface area contributed by atoms with Crippen LogP contribution in [0.5, 0.6) is 17.2 Å². The number of methoxy groups -OCH3 is 2. The lowest BCUT2D eigenvalue weighted by Crippen LogP contribution is -2.42. The number of fused-ring (bicyclic) bond motifs is 1. The SMILES string of the molecule is CCOc1c(/C(C)=C/C(=O)N2CCCCC2CC)cc2c(-c3cc(OC)ccc3OC)coc2c1C. The number of benzene rings is 2. The molecule has 1 unspecified atom stereocenters. The summed E-state index contributed by atoms with van der Waals surface area (Å²) < 4.78 is 23.3. The fraction of sp³-hybridized carbons (Fsp3) is 0.433. The second kappa shape index (κ2) is 11.1. The number of hydrogen-bond donors (Lipinski definition) is 0. The van der Waals surface area contributed by atoms with Crippen LogP contribution in [0.3, 0.4) is 0 Å². The molecule has 3 aromatic rings. The Morgan fingerprint density at radius 2 is 1.94 bits per heavy atom. The molecule has 0 radical (unpaired) electrons. The fourth-order valence-corrected chi connectivity index (χ4v) is 5.23. The standard InChI is InChI=1S/C30H37NO5/c1-7-21-11-9-10-14-31(21)28(32)15-19(3)23-17-25-26(18-36-30(25)20(4)29(23)35-8-2)24-16-22(33-5)12-13-27(24)34-6/h12-13,15-18,21H,7-11,14H2,1-6H3/b19-15+. The van der Waals surface area contributed by atoms with Crippen LogP contribution in [-0.2, 0) is 4.79 Å². The van der Waals surface area contributed by atoms with Crippen molar-refractivity contribution in [2.75, 3.05) is 27.4 Å². The number of carbonyl (C=O) groups is 1. The van der Waals surface area contributed by atoms with Gasteiger partial charge in [0, 0.05) is 46.3 Å². The van der Waals surface area contributed by atoms with Crippen molar-refractivity contribution in [1.82, 2.24) is 4.90 Å². The van der Waals surface area contributed by atoms with E-state index in [-0.39, 0.29) is 5.91 Å². The maximum absolute atomic E-state index is 13.3. The minimum atomic E-state index is 0.0705. The third-order valence-electron chi connectivity index (χ3n) is 7.18. The Balaban J connectivity index is 1.85. The van der Waals surface area contributed by atoms with Gasteiger partial charge in [0.2, 0.25) is 5.91 Å². The molecule has 4 rings (SSSR count). The van der Waals surface area contributed by atoms with E-state index in [0.29, 0.717) is 12.6 Å². The average Bonchev–Trinajstić information content (AvgIpc) is 3.33. The van der Waals surface area contributed by atoms with E-state index < -0.39 is 0 Å². The average molecular weight is 492 g/mol. The fourth-order valence-electron chi connectivity index (χ4n) is 5.23. The van der Waals surface area contributed by atoms with E-state index in [1.165, 1.54) is 6.42 Å². The molecule has 6 heteroatoms. The van der Waals surface area contributed by atoms with E-state index in [1.54, 1.807) is 26.6 Å². The maximum Gasteiger partial charge on any atom is 0.247 e. The zero-order valence-electron chi connectivity index (χ0n) is 22.3. The first kappa shape index (κ1) is 25.7. The van der Waals surface area contributed by atoms with Crippen molar-refractivity contribution in [3.05, 3.63) is 47.7 Å². The summed E-state index contributed by atoms with van der Waals surface area (Å²) in [5, 5.41) is 0.933. The van der Waals surface area contributed by atoms with E-state index in [4.69, 9.17) is 18.6 Å². The van der Waals surface area contributed by atoms with Gasteiger partial charge in [-0.25, -0.2) is 0 Å². The lowest BCUT2D eigenvalue weighted by molar-refractivity contribution is -0.129. The molecule has 0 N–H and O–H groups in total. The maximum atomic E-state index is 13.3. The van der Waals surface area contributed by atoms with Gasteiger partial charge in [0.25, 0.3) is 0 Å². The molecule has 2 aromatic carbocycles. The van der Waals surface area contributed by atoms with Gasteiger partial charge in [0.15, 0.2) is 0 Å². The quantitative estimate of drug-likeness (QED) is 0.317. The highest BCUT2D eigenvalue weighted by molar-refractivity contribution is 6.02. The van der Waals surface area contributed by atoms with Crippen LogP contribution in [-0.4, -0.2) is 44.2 Å². The Hall–Kier alpha value is -3.41. The third kappa shape index (κ3) is 4.81. The van der Waals surface area contributed by atoms with Crippen LogP contribution in [0.15, 0.2) is 41.0 Å². The number of ether oxygens (including phenoxy) is 3. The normalized spacial score (nSPS) is 16.3. The number of aryl methyl sites for hydroxylation is 1. The smallest absolute Gasteiger partial charge is 0.247 e. The van der Waals surface area contributed by atoms with Crippen molar-refractivity contribution in [3.63, 3.8) is 0 Å². The Morgan fingerprint density at radius 3 is 2.64 bits per heavy atom. The Morgan fingerprint density at radius 1 is 1.14 bits per heavy atom. The van der Waals surface area contributed by atoms with Crippen molar-refractivity contribution in [2.24, 2.45) is 0 Å². The number of rotatable bonds is 8. The second-order valence-electron chi connectivity index (χ2n) is 9.32. The van der Waals surface area contributed by atoms with Gasteiger partial charge in [0.1, 0.15) is 22.8 Å². The Bertz CT molecular complexity index is 1270.